The van der Waals surface area contributed by atoms with Gasteiger partial charge in [-0.1, -0.05) is 81.4 Å². The monoisotopic (exact) mass is 283 g/mol. The topological polar surface area (TPSA) is 32.3 Å². The first-order valence-electron chi connectivity index (χ1n) is 7.67. The smallest absolute Gasteiger partial charge is 0.130 e. The van der Waals surface area contributed by atoms with Crippen molar-refractivity contribution in [1.29, 1.82) is 0 Å². The highest BCUT2D eigenvalue weighted by molar-refractivity contribution is 5.38. The zero-order chi connectivity index (χ0) is 15.3. The second-order valence-corrected chi connectivity index (χ2v) is 5.78. The fourth-order valence-corrected chi connectivity index (χ4v) is 3.00. The Kier molecular flexibility index (Phi) is 5.16. The zero-order valence-corrected chi connectivity index (χ0v) is 13.1. The number of hydrogen-bond acceptors (Lipinski definition) is 2. The van der Waals surface area contributed by atoms with Crippen molar-refractivity contribution in [1.82, 2.24) is 5.32 Å². The highest BCUT2D eigenvalue weighted by Crippen LogP contribution is 2.35. The largest absolute Gasteiger partial charge is 0.379 e. The molecular weight excluding hydrogens is 258 g/mol. The molecule has 2 aromatic rings. The summed E-state index contributed by atoms with van der Waals surface area (Å²) >= 11 is 0. The van der Waals surface area contributed by atoms with Gasteiger partial charge in [0, 0.05) is 6.04 Å². The van der Waals surface area contributed by atoms with Crippen LogP contribution in [0.2, 0.25) is 0 Å². The summed E-state index contributed by atoms with van der Waals surface area (Å²) < 4.78 is 0. The number of benzene rings is 2. The molecule has 112 valence electrons. The van der Waals surface area contributed by atoms with E-state index in [9.17, 15) is 5.11 Å². The molecule has 0 heterocycles. The van der Waals surface area contributed by atoms with Crippen LogP contribution in [0.5, 0.6) is 0 Å². The Bertz CT molecular complexity index is 497. The minimum absolute atomic E-state index is 0.0488. The van der Waals surface area contributed by atoms with Gasteiger partial charge >= 0.3 is 0 Å². The van der Waals surface area contributed by atoms with Crippen molar-refractivity contribution in [2.24, 2.45) is 5.92 Å². The predicted octanol–water partition coefficient (Wildman–Crippen LogP) is 3.56. The molecule has 0 aromatic heterocycles. The summed E-state index contributed by atoms with van der Waals surface area (Å²) in [5, 5.41) is 15.1. The molecule has 0 bridgehead atoms. The molecule has 0 unspecified atom stereocenters. The fraction of sp³-hybridized carbons (Fsp3) is 0.368. The lowest BCUT2D eigenvalue weighted by molar-refractivity contribution is 0.0198. The van der Waals surface area contributed by atoms with Gasteiger partial charge in [-0.25, -0.2) is 0 Å². The number of rotatable bonds is 6. The summed E-state index contributed by atoms with van der Waals surface area (Å²) in [7, 11) is 0. The Balaban J connectivity index is 2.58. The molecule has 2 N–H and O–H groups in total. The van der Waals surface area contributed by atoms with Crippen molar-refractivity contribution in [2.45, 2.75) is 32.4 Å². The van der Waals surface area contributed by atoms with Crippen LogP contribution in [-0.4, -0.2) is 17.7 Å². The van der Waals surface area contributed by atoms with Gasteiger partial charge in [0.25, 0.3) is 0 Å². The van der Waals surface area contributed by atoms with Crippen LogP contribution in [0.15, 0.2) is 60.7 Å². The van der Waals surface area contributed by atoms with E-state index in [2.05, 4.69) is 26.1 Å². The van der Waals surface area contributed by atoms with Crippen molar-refractivity contribution in [3.63, 3.8) is 0 Å². The van der Waals surface area contributed by atoms with Gasteiger partial charge in [-0.15, -0.1) is 0 Å². The molecule has 0 spiro atoms. The predicted molar refractivity (Wildman–Crippen MR) is 88.2 cm³/mol. The molecule has 0 saturated heterocycles. The van der Waals surface area contributed by atoms with Crippen LogP contribution >= 0.6 is 0 Å². The molecule has 0 aliphatic heterocycles. The molecule has 0 saturated carbocycles. The molecule has 2 rings (SSSR count). The third kappa shape index (κ3) is 3.17. The normalized spacial score (nSPS) is 13.4. The molecule has 1 atom stereocenters. The van der Waals surface area contributed by atoms with Crippen molar-refractivity contribution >= 4 is 0 Å². The van der Waals surface area contributed by atoms with Gasteiger partial charge in [-0.3, -0.25) is 0 Å². The van der Waals surface area contributed by atoms with E-state index in [0.29, 0.717) is 5.92 Å². The van der Waals surface area contributed by atoms with Crippen molar-refractivity contribution < 1.29 is 5.11 Å². The summed E-state index contributed by atoms with van der Waals surface area (Å²) in [4.78, 5) is 0. The first-order chi connectivity index (χ1) is 10.1. The Hall–Kier alpha value is -1.64. The SMILES string of the molecule is CCN[C@@H](C(C)C)C(O)(c1ccccc1)c1ccccc1. The third-order valence-electron chi connectivity index (χ3n) is 3.97. The summed E-state index contributed by atoms with van der Waals surface area (Å²) in [5.74, 6) is 0.301. The van der Waals surface area contributed by atoms with Crippen LogP contribution in [0.1, 0.15) is 31.9 Å². The van der Waals surface area contributed by atoms with Gasteiger partial charge in [0.1, 0.15) is 5.60 Å². The van der Waals surface area contributed by atoms with Gasteiger partial charge in [0.05, 0.1) is 0 Å². The number of likely N-dealkylation sites (N-methyl/N-ethyl adjacent to an activating group) is 1. The second kappa shape index (κ2) is 6.88. The molecule has 0 fully saturated rings. The van der Waals surface area contributed by atoms with Crippen molar-refractivity contribution in [3.8, 4) is 0 Å². The van der Waals surface area contributed by atoms with E-state index >= 15 is 0 Å². The second-order valence-electron chi connectivity index (χ2n) is 5.78. The molecular formula is C19H25NO. The zero-order valence-electron chi connectivity index (χ0n) is 13.1. The Morgan fingerprint density at radius 1 is 0.905 bits per heavy atom. The van der Waals surface area contributed by atoms with Gasteiger partial charge in [0.2, 0.25) is 0 Å². The molecule has 0 amide bonds. The molecule has 0 aliphatic carbocycles. The lowest BCUT2D eigenvalue weighted by atomic mass is 9.76. The van der Waals surface area contributed by atoms with E-state index in [1.807, 2.05) is 60.7 Å². The lowest BCUT2D eigenvalue weighted by Gasteiger charge is -2.40. The van der Waals surface area contributed by atoms with E-state index in [1.54, 1.807) is 0 Å². The van der Waals surface area contributed by atoms with Gasteiger partial charge in [0.15, 0.2) is 0 Å². The van der Waals surface area contributed by atoms with E-state index in [0.717, 1.165) is 17.7 Å². The summed E-state index contributed by atoms with van der Waals surface area (Å²) in [6.45, 7) is 7.19. The number of nitrogens with one attached hydrogen (secondary N) is 1. The molecule has 2 aromatic carbocycles. The number of hydrogen-bond donors (Lipinski definition) is 2. The average molecular weight is 283 g/mol. The third-order valence-corrected chi connectivity index (χ3v) is 3.97. The molecule has 2 nitrogen and oxygen atoms in total. The van der Waals surface area contributed by atoms with Gasteiger partial charge < -0.3 is 10.4 Å². The maximum absolute atomic E-state index is 11.7. The standard InChI is InChI=1S/C19H25NO/c1-4-20-18(15(2)3)19(21,16-11-7-5-8-12-16)17-13-9-6-10-14-17/h5-15,18,20-21H,4H2,1-3H3/t18-/m0/s1. The van der Waals surface area contributed by atoms with Crippen LogP contribution in [0, 0.1) is 5.92 Å². The fourth-order valence-electron chi connectivity index (χ4n) is 3.00. The van der Waals surface area contributed by atoms with E-state index in [4.69, 9.17) is 0 Å². The average Bonchev–Trinajstić information content (AvgIpc) is 2.53. The van der Waals surface area contributed by atoms with Crippen molar-refractivity contribution in [2.75, 3.05) is 6.54 Å². The van der Waals surface area contributed by atoms with Gasteiger partial charge in [-0.05, 0) is 23.6 Å². The first-order valence-corrected chi connectivity index (χ1v) is 7.67. The Morgan fingerprint density at radius 2 is 1.33 bits per heavy atom. The van der Waals surface area contributed by atoms with Crippen LogP contribution in [0.25, 0.3) is 0 Å². The highest BCUT2D eigenvalue weighted by atomic mass is 16.3. The minimum Gasteiger partial charge on any atom is -0.379 e. The van der Waals surface area contributed by atoms with Crippen LogP contribution in [-0.2, 0) is 5.60 Å². The Morgan fingerprint density at radius 3 is 1.67 bits per heavy atom. The molecule has 2 heteroatoms. The van der Waals surface area contributed by atoms with Gasteiger partial charge in [-0.2, -0.15) is 0 Å². The van der Waals surface area contributed by atoms with E-state index in [1.165, 1.54) is 0 Å². The summed E-state index contributed by atoms with van der Waals surface area (Å²) in [5.41, 5.74) is 0.818. The molecule has 0 aliphatic rings. The maximum atomic E-state index is 11.7. The molecule has 21 heavy (non-hydrogen) atoms. The van der Waals surface area contributed by atoms with Crippen molar-refractivity contribution in [3.05, 3.63) is 71.8 Å². The maximum Gasteiger partial charge on any atom is 0.130 e. The molecule has 0 radical (unpaired) electrons. The van der Waals surface area contributed by atoms with Crippen LogP contribution in [0.3, 0.4) is 0 Å². The van der Waals surface area contributed by atoms with Crippen LogP contribution < -0.4 is 5.32 Å². The quantitative estimate of drug-likeness (QED) is 0.849. The van der Waals surface area contributed by atoms with E-state index < -0.39 is 5.60 Å². The first kappa shape index (κ1) is 15.7. The van der Waals surface area contributed by atoms with Crippen LogP contribution in [0.4, 0.5) is 0 Å². The Labute approximate surface area is 127 Å². The summed E-state index contributed by atoms with van der Waals surface area (Å²) in [6, 6.07) is 19.8. The minimum atomic E-state index is -1.04. The van der Waals surface area contributed by atoms with E-state index in [-0.39, 0.29) is 6.04 Å². The summed E-state index contributed by atoms with van der Waals surface area (Å²) in [6.07, 6.45) is 0. The lowest BCUT2D eigenvalue weighted by Crippen LogP contribution is -2.52. The number of aliphatic hydroxyl groups is 1. The highest BCUT2D eigenvalue weighted by Gasteiger charge is 2.41.